The van der Waals surface area contributed by atoms with E-state index in [1.807, 2.05) is 176 Å². The Balaban J connectivity index is 0.000000165. The Bertz CT molecular complexity index is 5440. The van der Waals surface area contributed by atoms with E-state index < -0.39 is 11.2 Å². The molecule has 14 rings (SSSR count). The molecule has 2 saturated heterocycles. The molecule has 19 heteroatoms. The lowest BCUT2D eigenvalue weighted by Gasteiger charge is -2.37. The quantitative estimate of drug-likeness (QED) is 0.0387. The molecule has 0 atom stereocenters. The summed E-state index contributed by atoms with van der Waals surface area (Å²) in [6.07, 6.45) is 0. The Labute approximate surface area is 662 Å². The minimum Gasteiger partial charge on any atom is -0.478 e. The van der Waals surface area contributed by atoms with Crippen LogP contribution < -0.4 is 5.32 Å². The Morgan fingerprint density at radius 2 is 0.676 bits per heavy atom. The SMILES string of the molecule is CC(C)N1CCNCC1.COC(=O)c1ccc2cc(C)ccc2c1.COC(=O)c1ccc2cc(CBr)ccc2c1.Cc1ccc2cc(C(=O)O)ccc2c1.[C-]#[N+]Cc1ccc2cc(C(=O)Cl)ccc2c1.[C-]#[N+]Cc1ccc2cc(C(=O)N3CCN(C(C)C)CC3)ccc2c1.[C-]#[N+]Cc1ccc2cc(C(=O)OC)ccc2c1. The van der Waals surface area contributed by atoms with E-state index in [4.69, 9.17) is 36.4 Å². The maximum absolute atomic E-state index is 12.8. The summed E-state index contributed by atoms with van der Waals surface area (Å²) >= 11 is 8.82. The van der Waals surface area contributed by atoms with Crippen LogP contribution in [-0.2, 0) is 39.2 Å². The summed E-state index contributed by atoms with van der Waals surface area (Å²) in [4.78, 5) is 85.4. The van der Waals surface area contributed by atoms with Gasteiger partial charge in [-0.1, -0.05) is 154 Å². The van der Waals surface area contributed by atoms with E-state index in [2.05, 4.69) is 99.6 Å². The van der Waals surface area contributed by atoms with Gasteiger partial charge >= 0.3 is 23.9 Å². The van der Waals surface area contributed by atoms with E-state index in [0.717, 1.165) is 138 Å². The number of hydrogen-bond acceptors (Lipinski definition) is 12. The Kier molecular flexibility index (Phi) is 32.4. The number of nitrogens with one attached hydrogen (secondary N) is 1. The zero-order valence-corrected chi connectivity index (χ0v) is 66.3. The van der Waals surface area contributed by atoms with Gasteiger partial charge in [0, 0.05) is 97.6 Å². The first-order valence-corrected chi connectivity index (χ1v) is 37.8. The maximum Gasteiger partial charge on any atom is 0.337 e. The van der Waals surface area contributed by atoms with E-state index in [0.29, 0.717) is 53.5 Å². The van der Waals surface area contributed by atoms with Crippen LogP contribution in [-0.4, -0.2) is 141 Å². The van der Waals surface area contributed by atoms with Crippen molar-refractivity contribution in [2.45, 2.75) is 78.6 Å². The number of amides is 1. The highest BCUT2D eigenvalue weighted by molar-refractivity contribution is 9.08. The fourth-order valence-corrected chi connectivity index (χ4v) is 13.0. The van der Waals surface area contributed by atoms with Gasteiger partial charge in [-0.2, -0.15) is 0 Å². The van der Waals surface area contributed by atoms with Gasteiger partial charge in [0.1, 0.15) is 0 Å². The molecule has 0 aliphatic carbocycles. The number of hydrogen-bond donors (Lipinski definition) is 2. The number of fused-ring (bicyclic) bond motifs is 6. The number of piperazine rings is 2. The first-order valence-electron chi connectivity index (χ1n) is 36.3. The molecule has 2 aliphatic rings. The molecule has 1 amide bonds. The van der Waals surface area contributed by atoms with Crippen LogP contribution in [0.2, 0.25) is 0 Å². The maximum atomic E-state index is 12.8. The molecule has 0 aromatic heterocycles. The number of aryl methyl sites for hydroxylation is 2. The lowest BCUT2D eigenvalue weighted by molar-refractivity contribution is 0.0590. The third-order valence-electron chi connectivity index (χ3n) is 18.7. The molecular formula is C92H91BrClN7O10. The Morgan fingerprint density at radius 1 is 0.396 bits per heavy atom. The van der Waals surface area contributed by atoms with Crippen molar-refractivity contribution >= 4 is 127 Å². The van der Waals surface area contributed by atoms with Crippen molar-refractivity contribution in [1.82, 2.24) is 20.0 Å². The van der Waals surface area contributed by atoms with Crippen LogP contribution in [0.15, 0.2) is 218 Å². The average Bonchev–Trinajstić information content (AvgIpc) is 0.827. The fraction of sp³-hybridized carbons (Fsp3) is 0.250. The first-order chi connectivity index (χ1) is 53.4. The second-order valence-electron chi connectivity index (χ2n) is 27.2. The summed E-state index contributed by atoms with van der Waals surface area (Å²) in [5.41, 5.74) is 9.89. The molecule has 2 fully saturated rings. The van der Waals surface area contributed by atoms with E-state index in [9.17, 15) is 28.8 Å². The number of carbonyl (C=O) groups excluding carboxylic acids is 5. The Morgan fingerprint density at radius 3 is 1.01 bits per heavy atom. The van der Waals surface area contributed by atoms with Crippen LogP contribution in [0.25, 0.3) is 79.2 Å². The molecule has 17 nitrogen and oxygen atoms in total. The van der Waals surface area contributed by atoms with Crippen molar-refractivity contribution in [2.24, 2.45) is 0 Å². The van der Waals surface area contributed by atoms with Crippen molar-refractivity contribution in [1.29, 1.82) is 0 Å². The number of ether oxygens (including phenoxy) is 3. The molecule has 0 bridgehead atoms. The summed E-state index contributed by atoms with van der Waals surface area (Å²) in [5.74, 6) is -1.70. The summed E-state index contributed by atoms with van der Waals surface area (Å²) in [7, 11) is 4.15. The second-order valence-corrected chi connectivity index (χ2v) is 28.1. The van der Waals surface area contributed by atoms with Crippen LogP contribution in [0.4, 0.5) is 0 Å². The highest BCUT2D eigenvalue weighted by atomic mass is 79.9. The number of methoxy groups -OCH3 is 3. The second kappa shape index (κ2) is 42.3. The summed E-state index contributed by atoms with van der Waals surface area (Å²) in [5, 5.41) is 25.0. The molecule has 0 saturated carbocycles. The normalized spacial score (nSPS) is 12.4. The summed E-state index contributed by atoms with van der Waals surface area (Å²) in [6, 6.07) is 69.9. The van der Waals surface area contributed by atoms with Crippen LogP contribution >= 0.6 is 27.5 Å². The Hall–Kier alpha value is -11.7. The molecule has 0 unspecified atom stereocenters. The van der Waals surface area contributed by atoms with Crippen LogP contribution in [0.1, 0.15) is 123 Å². The summed E-state index contributed by atoms with van der Waals surface area (Å²) < 4.78 is 14.0. The highest BCUT2D eigenvalue weighted by Gasteiger charge is 2.24. The minimum atomic E-state index is -0.882. The number of halogens is 2. The number of carbonyl (C=O) groups is 6. The number of esters is 3. The topological polar surface area (TPSA) is 185 Å². The van der Waals surface area contributed by atoms with Gasteiger partial charge in [-0.3, -0.25) is 19.4 Å². The molecule has 2 N–H and O–H groups in total. The third kappa shape index (κ3) is 24.9. The molecule has 568 valence electrons. The molecular weight excluding hydrogens is 1480 g/mol. The molecule has 0 radical (unpaired) electrons. The van der Waals surface area contributed by atoms with Gasteiger partial charge in [0.25, 0.3) is 11.1 Å². The van der Waals surface area contributed by atoms with Crippen molar-refractivity contribution < 1.29 is 48.1 Å². The number of alkyl halides is 1. The molecule has 2 heterocycles. The largest absolute Gasteiger partial charge is 0.478 e. The fourth-order valence-electron chi connectivity index (χ4n) is 12.5. The van der Waals surface area contributed by atoms with Gasteiger partial charge in [0.15, 0.2) is 0 Å². The van der Waals surface area contributed by atoms with E-state index in [-0.39, 0.29) is 23.8 Å². The standard InChI is InChI=1S/C20H23N3O.C14H11NO2.C13H11BrO2.C13H8ClNO.C13H12O2.C12H10O2.C7H16N2/c1-15(2)22-8-10-23(11-9-22)20(24)19-7-6-17-12-16(14-21-3)4-5-18(17)13-19;1-15-9-10-3-4-12-8-13(14(16)17-2)6-5-11(12)7-10;1-16-13(15)12-5-4-10-6-9(8-14)2-3-11(10)7-12;1-15-8-9-2-3-11-7-12(13(14)16)5-4-10(11)6-9;1-9-3-4-11-8-12(13(14)15-2)6-5-10(11)7-9;1-8-2-3-10-7-11(12(13)14)5-4-9(10)6-8;1-7(2)9-5-3-8-4-6-9/h4-7,12-13,15H,8-11,14H2,1-2H3;3-8H,9H2,2H3;2-7H,8H2,1H3;2-7H,8H2;3-8H,1-2H3;2-7H,1H3,(H,13,14);7-8H,3-6H2,1-2H3. The van der Waals surface area contributed by atoms with Gasteiger partial charge in [-0.05, 0) is 214 Å². The van der Waals surface area contributed by atoms with E-state index >= 15 is 0 Å². The number of aromatic carboxylic acids is 1. The first kappa shape index (κ1) is 85.0. The van der Waals surface area contributed by atoms with Crippen molar-refractivity contribution in [2.75, 3.05) is 73.7 Å². The minimum absolute atomic E-state index is 0.116. The number of nitrogens with zero attached hydrogens (tertiary/aromatic N) is 6. The third-order valence-corrected chi connectivity index (χ3v) is 19.6. The van der Waals surface area contributed by atoms with E-state index in [1.165, 1.54) is 51.1 Å². The van der Waals surface area contributed by atoms with Crippen molar-refractivity contribution in [3.63, 3.8) is 0 Å². The molecule has 0 spiro atoms. The van der Waals surface area contributed by atoms with Crippen LogP contribution in [0, 0.1) is 33.6 Å². The van der Waals surface area contributed by atoms with Gasteiger partial charge in [-0.15, -0.1) is 0 Å². The van der Waals surface area contributed by atoms with Gasteiger partial charge in [0.05, 0.1) is 43.6 Å². The zero-order valence-electron chi connectivity index (χ0n) is 64.0. The average molecular weight is 1570 g/mol. The van der Waals surface area contributed by atoms with E-state index in [1.54, 1.807) is 48.5 Å². The summed E-state index contributed by atoms with van der Waals surface area (Å²) in [6.45, 7) is 43.0. The number of carboxylic acid groups (broad SMARTS) is 1. The predicted octanol–water partition coefficient (Wildman–Crippen LogP) is 19.7. The lowest BCUT2D eigenvalue weighted by Crippen LogP contribution is -2.50. The molecule has 2 aliphatic heterocycles. The highest BCUT2D eigenvalue weighted by Crippen LogP contribution is 2.26. The molecule has 12 aromatic carbocycles. The van der Waals surface area contributed by atoms with Gasteiger partial charge in [-0.25, -0.2) is 38.9 Å². The van der Waals surface area contributed by atoms with Crippen molar-refractivity contribution in [3.8, 4) is 0 Å². The predicted molar refractivity (Wildman–Crippen MR) is 450 cm³/mol. The smallest absolute Gasteiger partial charge is 0.337 e. The monoisotopic (exact) mass is 1570 g/mol. The number of carboxylic acids is 1. The van der Waals surface area contributed by atoms with Gasteiger partial charge in [0.2, 0.25) is 19.6 Å². The van der Waals surface area contributed by atoms with Crippen LogP contribution in [0.3, 0.4) is 0 Å². The zero-order chi connectivity index (χ0) is 80.1. The van der Waals surface area contributed by atoms with Gasteiger partial charge < -0.3 is 44.1 Å². The van der Waals surface area contributed by atoms with Crippen LogP contribution in [0.5, 0.6) is 0 Å². The molecule has 111 heavy (non-hydrogen) atoms. The number of rotatable bonds is 12. The lowest BCUT2D eigenvalue weighted by atomic mass is 10.0. The molecule has 12 aromatic rings. The number of benzene rings is 12. The van der Waals surface area contributed by atoms with Crippen molar-refractivity contribution in [3.05, 3.63) is 319 Å².